The van der Waals surface area contributed by atoms with Crippen LogP contribution in [0.4, 0.5) is 5.69 Å². The lowest BCUT2D eigenvalue weighted by atomic mass is 9.96. The standard InChI is InChI=1S/C17H18N2O3/c20-17(10-9-13-5-1-3-7-15(13)17)12-18-11-14-6-2-4-8-16(14)19(21)22/h1-8,18,20H,9-12H2. The van der Waals surface area contributed by atoms with Crippen LogP contribution in [0.3, 0.4) is 0 Å². The zero-order chi connectivity index (χ0) is 15.6. The summed E-state index contributed by atoms with van der Waals surface area (Å²) in [6.45, 7) is 0.748. The van der Waals surface area contributed by atoms with Crippen LogP contribution in [0.1, 0.15) is 23.1 Å². The fourth-order valence-corrected chi connectivity index (χ4v) is 3.09. The van der Waals surface area contributed by atoms with Crippen molar-refractivity contribution in [1.29, 1.82) is 0 Å². The summed E-state index contributed by atoms with van der Waals surface area (Å²) in [5.74, 6) is 0. The number of nitrogens with one attached hydrogen (secondary N) is 1. The quantitative estimate of drug-likeness (QED) is 0.657. The van der Waals surface area contributed by atoms with Gasteiger partial charge in [-0.15, -0.1) is 0 Å². The van der Waals surface area contributed by atoms with Gasteiger partial charge in [-0.1, -0.05) is 42.5 Å². The number of nitro benzene ring substituents is 1. The molecule has 0 radical (unpaired) electrons. The fourth-order valence-electron chi connectivity index (χ4n) is 3.09. The van der Waals surface area contributed by atoms with E-state index < -0.39 is 5.60 Å². The summed E-state index contributed by atoms with van der Waals surface area (Å²) in [5, 5.41) is 25.0. The number of para-hydroxylation sites is 1. The molecule has 0 saturated heterocycles. The Morgan fingerprint density at radius 2 is 1.91 bits per heavy atom. The molecule has 114 valence electrons. The maximum Gasteiger partial charge on any atom is 0.273 e. The number of nitro groups is 1. The first-order valence-electron chi connectivity index (χ1n) is 7.34. The van der Waals surface area contributed by atoms with Gasteiger partial charge >= 0.3 is 0 Å². The van der Waals surface area contributed by atoms with E-state index in [4.69, 9.17) is 0 Å². The van der Waals surface area contributed by atoms with E-state index in [1.807, 2.05) is 24.3 Å². The predicted molar refractivity (Wildman–Crippen MR) is 83.5 cm³/mol. The average Bonchev–Trinajstić information content (AvgIpc) is 2.86. The molecule has 5 heteroatoms. The Hall–Kier alpha value is -2.24. The first kappa shape index (κ1) is 14.7. The maximum absolute atomic E-state index is 11.0. The minimum atomic E-state index is -0.889. The number of hydrogen-bond acceptors (Lipinski definition) is 4. The van der Waals surface area contributed by atoms with Crippen LogP contribution in [0.25, 0.3) is 0 Å². The van der Waals surface area contributed by atoms with Gasteiger partial charge in [-0.2, -0.15) is 0 Å². The normalized spacial score (nSPS) is 19.9. The Morgan fingerprint density at radius 3 is 2.73 bits per heavy atom. The molecule has 1 atom stereocenters. The molecule has 0 aliphatic heterocycles. The van der Waals surface area contributed by atoms with Gasteiger partial charge in [0.15, 0.2) is 0 Å². The monoisotopic (exact) mass is 298 g/mol. The van der Waals surface area contributed by atoms with E-state index >= 15 is 0 Å². The number of benzene rings is 2. The van der Waals surface area contributed by atoms with Crippen LogP contribution in [0.15, 0.2) is 48.5 Å². The fraction of sp³-hybridized carbons (Fsp3) is 0.294. The number of aliphatic hydroxyl groups is 1. The third-order valence-corrected chi connectivity index (χ3v) is 4.25. The molecule has 2 aromatic carbocycles. The lowest BCUT2D eigenvalue weighted by molar-refractivity contribution is -0.385. The lowest BCUT2D eigenvalue weighted by Gasteiger charge is -2.24. The topological polar surface area (TPSA) is 75.4 Å². The highest BCUT2D eigenvalue weighted by Crippen LogP contribution is 2.36. The van der Waals surface area contributed by atoms with Crippen molar-refractivity contribution in [3.63, 3.8) is 0 Å². The van der Waals surface area contributed by atoms with Gasteiger partial charge in [-0.05, 0) is 24.0 Å². The number of rotatable bonds is 5. The van der Waals surface area contributed by atoms with E-state index in [1.54, 1.807) is 18.2 Å². The maximum atomic E-state index is 11.0. The van der Waals surface area contributed by atoms with Gasteiger partial charge in [0.1, 0.15) is 5.60 Å². The molecule has 0 amide bonds. The van der Waals surface area contributed by atoms with Crippen LogP contribution in [-0.2, 0) is 18.6 Å². The van der Waals surface area contributed by atoms with E-state index in [2.05, 4.69) is 5.32 Å². The number of nitrogens with zero attached hydrogens (tertiary/aromatic N) is 1. The van der Waals surface area contributed by atoms with Gasteiger partial charge in [0.25, 0.3) is 5.69 Å². The second-order valence-electron chi connectivity index (χ2n) is 5.68. The summed E-state index contributed by atoms with van der Waals surface area (Å²) in [5.41, 5.74) is 1.99. The molecule has 2 N–H and O–H groups in total. The zero-order valence-corrected chi connectivity index (χ0v) is 12.2. The molecule has 0 saturated carbocycles. The van der Waals surface area contributed by atoms with Crippen molar-refractivity contribution < 1.29 is 10.0 Å². The van der Waals surface area contributed by atoms with Gasteiger partial charge in [0.2, 0.25) is 0 Å². The second-order valence-corrected chi connectivity index (χ2v) is 5.68. The summed E-state index contributed by atoms with van der Waals surface area (Å²) >= 11 is 0. The highest BCUT2D eigenvalue weighted by Gasteiger charge is 2.35. The molecule has 0 fully saturated rings. The number of hydrogen-bond donors (Lipinski definition) is 2. The summed E-state index contributed by atoms with van der Waals surface area (Å²) in [7, 11) is 0. The van der Waals surface area contributed by atoms with Crippen molar-refractivity contribution >= 4 is 5.69 Å². The molecule has 1 unspecified atom stereocenters. The molecule has 0 heterocycles. The Bertz CT molecular complexity index is 702. The minimum Gasteiger partial charge on any atom is -0.384 e. The summed E-state index contributed by atoms with van der Waals surface area (Å²) < 4.78 is 0. The molecule has 0 bridgehead atoms. The Labute approximate surface area is 128 Å². The third kappa shape index (κ3) is 2.73. The van der Waals surface area contributed by atoms with E-state index in [1.165, 1.54) is 11.6 Å². The Morgan fingerprint density at radius 1 is 1.18 bits per heavy atom. The minimum absolute atomic E-state index is 0.105. The number of fused-ring (bicyclic) bond motifs is 1. The molecule has 3 rings (SSSR count). The molecule has 0 aromatic heterocycles. The molecule has 1 aliphatic carbocycles. The lowest BCUT2D eigenvalue weighted by Crippen LogP contribution is -2.36. The van der Waals surface area contributed by atoms with Crippen molar-refractivity contribution in [3.8, 4) is 0 Å². The molecule has 1 aliphatic rings. The third-order valence-electron chi connectivity index (χ3n) is 4.25. The van der Waals surface area contributed by atoms with Gasteiger partial charge in [-0.25, -0.2) is 0 Å². The van der Waals surface area contributed by atoms with E-state index in [0.717, 1.165) is 12.0 Å². The Balaban J connectivity index is 1.69. The molecular formula is C17H18N2O3. The van der Waals surface area contributed by atoms with Crippen molar-refractivity contribution in [1.82, 2.24) is 5.32 Å². The van der Waals surface area contributed by atoms with Gasteiger partial charge in [0, 0.05) is 24.7 Å². The summed E-state index contributed by atoms with van der Waals surface area (Å²) in [6.07, 6.45) is 1.54. The van der Waals surface area contributed by atoms with Crippen LogP contribution in [-0.4, -0.2) is 16.6 Å². The van der Waals surface area contributed by atoms with Crippen molar-refractivity contribution in [2.75, 3.05) is 6.54 Å². The van der Waals surface area contributed by atoms with E-state index in [-0.39, 0.29) is 10.6 Å². The van der Waals surface area contributed by atoms with Crippen LogP contribution >= 0.6 is 0 Å². The van der Waals surface area contributed by atoms with E-state index in [0.29, 0.717) is 25.1 Å². The van der Waals surface area contributed by atoms with Crippen LogP contribution < -0.4 is 5.32 Å². The molecule has 22 heavy (non-hydrogen) atoms. The highest BCUT2D eigenvalue weighted by molar-refractivity contribution is 5.40. The molecule has 0 spiro atoms. The van der Waals surface area contributed by atoms with Crippen molar-refractivity contribution in [3.05, 3.63) is 75.3 Å². The molecular weight excluding hydrogens is 280 g/mol. The molecule has 2 aromatic rings. The Kier molecular flexibility index (Phi) is 3.92. The van der Waals surface area contributed by atoms with E-state index in [9.17, 15) is 15.2 Å². The largest absolute Gasteiger partial charge is 0.384 e. The first-order chi connectivity index (χ1) is 10.6. The predicted octanol–water partition coefficient (Wildman–Crippen LogP) is 2.52. The highest BCUT2D eigenvalue weighted by atomic mass is 16.6. The number of aryl methyl sites for hydroxylation is 1. The van der Waals surface area contributed by atoms with Crippen molar-refractivity contribution in [2.45, 2.75) is 25.0 Å². The average molecular weight is 298 g/mol. The second kappa shape index (κ2) is 5.87. The van der Waals surface area contributed by atoms with Gasteiger partial charge < -0.3 is 10.4 Å². The van der Waals surface area contributed by atoms with Gasteiger partial charge in [0.05, 0.1) is 4.92 Å². The zero-order valence-electron chi connectivity index (χ0n) is 12.2. The molecule has 5 nitrogen and oxygen atoms in total. The van der Waals surface area contributed by atoms with Crippen molar-refractivity contribution in [2.24, 2.45) is 0 Å². The van der Waals surface area contributed by atoms with Gasteiger partial charge in [-0.3, -0.25) is 10.1 Å². The SMILES string of the molecule is O=[N+]([O-])c1ccccc1CNCC1(O)CCc2ccccc21. The summed E-state index contributed by atoms with van der Waals surface area (Å²) in [4.78, 5) is 10.6. The summed E-state index contributed by atoms with van der Waals surface area (Å²) in [6, 6.07) is 14.6. The van der Waals surface area contributed by atoms with Crippen LogP contribution in [0, 0.1) is 10.1 Å². The van der Waals surface area contributed by atoms with Crippen LogP contribution in [0.5, 0.6) is 0 Å². The first-order valence-corrected chi connectivity index (χ1v) is 7.34. The smallest absolute Gasteiger partial charge is 0.273 e. The van der Waals surface area contributed by atoms with Crippen LogP contribution in [0.2, 0.25) is 0 Å².